The number of halogens is 3. The number of nitrogens with one attached hydrogen (secondary N) is 1. The zero-order chi connectivity index (χ0) is 14.0. The maximum Gasteiger partial charge on any atom is 0.416 e. The Morgan fingerprint density at radius 1 is 1.26 bits per heavy atom. The summed E-state index contributed by atoms with van der Waals surface area (Å²) < 4.78 is 37.5. The van der Waals surface area contributed by atoms with Crippen LogP contribution in [0.5, 0.6) is 0 Å². The number of alkyl halides is 3. The summed E-state index contributed by atoms with van der Waals surface area (Å²) in [6, 6.07) is 6.13. The number of nitrogens with zero attached hydrogens (tertiary/aromatic N) is 1. The van der Waals surface area contributed by atoms with Crippen LogP contribution in [0.1, 0.15) is 30.5 Å². The number of likely N-dealkylation sites (tertiary alicyclic amines) is 1. The van der Waals surface area contributed by atoms with Gasteiger partial charge < -0.3 is 5.32 Å². The molecule has 0 amide bonds. The van der Waals surface area contributed by atoms with Gasteiger partial charge in [0.15, 0.2) is 0 Å². The van der Waals surface area contributed by atoms with Gasteiger partial charge in [-0.2, -0.15) is 13.2 Å². The third-order valence-corrected chi connectivity index (χ3v) is 3.90. The van der Waals surface area contributed by atoms with E-state index in [2.05, 4.69) is 10.2 Å². The van der Waals surface area contributed by atoms with Gasteiger partial charge in [-0.25, -0.2) is 0 Å². The standard InChI is InChI=1S/C14H19F3N2/c1-10(19-8-7-13(9-19)18-2)11-3-5-12(6-4-11)14(15,16)17/h3-6,10,13,18H,7-9H2,1-2H3. The Bertz CT molecular complexity index is 414. The van der Waals surface area contributed by atoms with Crippen LogP contribution >= 0.6 is 0 Å². The van der Waals surface area contributed by atoms with E-state index in [4.69, 9.17) is 0 Å². The fourth-order valence-corrected chi connectivity index (χ4v) is 2.54. The molecule has 1 aliphatic rings. The van der Waals surface area contributed by atoms with Crippen LogP contribution in [-0.2, 0) is 6.18 Å². The van der Waals surface area contributed by atoms with E-state index in [0.717, 1.165) is 37.2 Å². The van der Waals surface area contributed by atoms with Crippen LogP contribution in [0, 0.1) is 0 Å². The first kappa shape index (κ1) is 14.3. The summed E-state index contributed by atoms with van der Waals surface area (Å²) in [4.78, 5) is 2.30. The molecule has 0 aromatic heterocycles. The topological polar surface area (TPSA) is 15.3 Å². The molecular weight excluding hydrogens is 253 g/mol. The molecule has 2 atom stereocenters. The van der Waals surface area contributed by atoms with E-state index in [9.17, 15) is 13.2 Å². The highest BCUT2D eigenvalue weighted by Crippen LogP contribution is 2.31. The zero-order valence-electron chi connectivity index (χ0n) is 11.2. The van der Waals surface area contributed by atoms with E-state index in [-0.39, 0.29) is 6.04 Å². The lowest BCUT2D eigenvalue weighted by atomic mass is 10.0. The average Bonchev–Trinajstić information content (AvgIpc) is 2.86. The van der Waals surface area contributed by atoms with Gasteiger partial charge in [0.2, 0.25) is 0 Å². The first-order valence-corrected chi connectivity index (χ1v) is 6.50. The van der Waals surface area contributed by atoms with Gasteiger partial charge in [-0.3, -0.25) is 4.90 Å². The number of hydrogen-bond donors (Lipinski definition) is 1. The van der Waals surface area contributed by atoms with Gasteiger partial charge in [0.25, 0.3) is 0 Å². The lowest BCUT2D eigenvalue weighted by Crippen LogP contribution is -2.31. The number of likely N-dealkylation sites (N-methyl/N-ethyl adjacent to an activating group) is 1. The minimum Gasteiger partial charge on any atom is -0.316 e. The van der Waals surface area contributed by atoms with Crippen molar-refractivity contribution < 1.29 is 13.2 Å². The van der Waals surface area contributed by atoms with Gasteiger partial charge in [-0.15, -0.1) is 0 Å². The van der Waals surface area contributed by atoms with Gasteiger partial charge in [-0.1, -0.05) is 12.1 Å². The van der Waals surface area contributed by atoms with E-state index < -0.39 is 11.7 Å². The van der Waals surface area contributed by atoms with Crippen LogP contribution in [-0.4, -0.2) is 31.1 Å². The SMILES string of the molecule is CNC1CCN(C(C)c2ccc(C(F)(F)F)cc2)C1. The molecule has 0 bridgehead atoms. The summed E-state index contributed by atoms with van der Waals surface area (Å²) >= 11 is 0. The molecule has 2 unspecified atom stereocenters. The molecule has 2 nitrogen and oxygen atoms in total. The Morgan fingerprint density at radius 3 is 2.37 bits per heavy atom. The van der Waals surface area contributed by atoms with Gasteiger partial charge in [0, 0.05) is 25.2 Å². The summed E-state index contributed by atoms with van der Waals surface area (Å²) in [6.07, 6.45) is -3.17. The second kappa shape index (κ2) is 5.51. The van der Waals surface area contributed by atoms with Crippen molar-refractivity contribution in [1.82, 2.24) is 10.2 Å². The van der Waals surface area contributed by atoms with Gasteiger partial charge >= 0.3 is 6.18 Å². The quantitative estimate of drug-likeness (QED) is 0.909. The minimum atomic E-state index is -4.26. The van der Waals surface area contributed by atoms with Crippen molar-refractivity contribution in [2.24, 2.45) is 0 Å². The Morgan fingerprint density at radius 2 is 1.89 bits per heavy atom. The highest BCUT2D eigenvalue weighted by atomic mass is 19.4. The molecule has 1 heterocycles. The molecule has 0 saturated carbocycles. The molecule has 2 rings (SSSR count). The van der Waals surface area contributed by atoms with Crippen LogP contribution in [0.25, 0.3) is 0 Å². The van der Waals surface area contributed by atoms with E-state index in [1.54, 1.807) is 12.1 Å². The molecule has 1 fully saturated rings. The summed E-state index contributed by atoms with van der Waals surface area (Å²) in [6.45, 7) is 3.97. The third kappa shape index (κ3) is 3.28. The third-order valence-electron chi connectivity index (χ3n) is 3.90. The molecule has 0 radical (unpaired) electrons. The average molecular weight is 272 g/mol. The normalized spacial score (nSPS) is 22.7. The number of hydrogen-bond acceptors (Lipinski definition) is 2. The number of rotatable bonds is 3. The smallest absolute Gasteiger partial charge is 0.316 e. The zero-order valence-corrected chi connectivity index (χ0v) is 11.2. The molecule has 1 aliphatic heterocycles. The fourth-order valence-electron chi connectivity index (χ4n) is 2.54. The van der Waals surface area contributed by atoms with Crippen molar-refractivity contribution in [3.05, 3.63) is 35.4 Å². The summed E-state index contributed by atoms with van der Waals surface area (Å²) in [5, 5.41) is 3.24. The Hall–Kier alpha value is -1.07. The van der Waals surface area contributed by atoms with Crippen LogP contribution in [0.3, 0.4) is 0 Å². The van der Waals surface area contributed by atoms with Gasteiger partial charge in [0.1, 0.15) is 0 Å². The highest BCUT2D eigenvalue weighted by Gasteiger charge is 2.31. The molecular formula is C14H19F3N2. The lowest BCUT2D eigenvalue weighted by Gasteiger charge is -2.25. The van der Waals surface area contributed by atoms with Crippen LogP contribution in [0.2, 0.25) is 0 Å². The predicted molar refractivity (Wildman–Crippen MR) is 68.9 cm³/mol. The van der Waals surface area contributed by atoms with E-state index in [1.807, 2.05) is 14.0 Å². The second-order valence-electron chi connectivity index (χ2n) is 5.06. The lowest BCUT2D eigenvalue weighted by molar-refractivity contribution is -0.137. The molecule has 1 N–H and O–H groups in total. The Kier molecular flexibility index (Phi) is 4.16. The predicted octanol–water partition coefficient (Wildman–Crippen LogP) is 3.06. The molecule has 1 saturated heterocycles. The highest BCUT2D eigenvalue weighted by molar-refractivity contribution is 5.26. The monoisotopic (exact) mass is 272 g/mol. The molecule has 1 aromatic rings. The summed E-state index contributed by atoms with van der Waals surface area (Å²) in [5.74, 6) is 0. The van der Waals surface area contributed by atoms with Crippen LogP contribution < -0.4 is 5.32 Å². The Balaban J connectivity index is 2.06. The van der Waals surface area contributed by atoms with E-state index in [0.29, 0.717) is 6.04 Å². The van der Waals surface area contributed by atoms with Crippen molar-refractivity contribution in [3.63, 3.8) is 0 Å². The second-order valence-corrected chi connectivity index (χ2v) is 5.06. The van der Waals surface area contributed by atoms with E-state index in [1.165, 1.54) is 0 Å². The van der Waals surface area contributed by atoms with Crippen molar-refractivity contribution in [1.29, 1.82) is 0 Å². The van der Waals surface area contributed by atoms with Crippen LogP contribution in [0.15, 0.2) is 24.3 Å². The number of benzene rings is 1. The maximum atomic E-state index is 12.5. The minimum absolute atomic E-state index is 0.153. The largest absolute Gasteiger partial charge is 0.416 e. The summed E-state index contributed by atoms with van der Waals surface area (Å²) in [5.41, 5.74) is 0.350. The van der Waals surface area contributed by atoms with Crippen molar-refractivity contribution in [2.75, 3.05) is 20.1 Å². The molecule has 0 aliphatic carbocycles. The van der Waals surface area contributed by atoms with Crippen molar-refractivity contribution in [2.45, 2.75) is 31.6 Å². The summed E-state index contributed by atoms with van der Waals surface area (Å²) in [7, 11) is 1.94. The van der Waals surface area contributed by atoms with Gasteiger partial charge in [0.05, 0.1) is 5.56 Å². The molecule has 106 valence electrons. The fraction of sp³-hybridized carbons (Fsp3) is 0.571. The molecule has 19 heavy (non-hydrogen) atoms. The first-order chi connectivity index (χ1) is 8.91. The first-order valence-electron chi connectivity index (χ1n) is 6.50. The molecule has 5 heteroatoms. The Labute approximate surface area is 111 Å². The maximum absolute atomic E-state index is 12.5. The van der Waals surface area contributed by atoms with Crippen molar-refractivity contribution in [3.8, 4) is 0 Å². The molecule has 1 aromatic carbocycles. The van der Waals surface area contributed by atoms with Crippen LogP contribution in [0.4, 0.5) is 13.2 Å². The van der Waals surface area contributed by atoms with E-state index >= 15 is 0 Å². The molecule has 0 spiro atoms. The van der Waals surface area contributed by atoms with Gasteiger partial charge in [-0.05, 0) is 38.1 Å². The van der Waals surface area contributed by atoms with Crippen molar-refractivity contribution >= 4 is 0 Å².